The van der Waals surface area contributed by atoms with Crippen LogP contribution in [0.3, 0.4) is 0 Å². The summed E-state index contributed by atoms with van der Waals surface area (Å²) in [6, 6.07) is 10.3. The molecule has 0 unspecified atom stereocenters. The average Bonchev–Trinajstić information content (AvgIpc) is 3.33. The molecule has 2 N–H and O–H groups in total. The number of alkyl halides is 2. The van der Waals surface area contributed by atoms with Gasteiger partial charge in [0.25, 0.3) is 10.0 Å². The molecule has 0 bridgehead atoms. The highest BCUT2D eigenvalue weighted by atomic mass is 35.5. The van der Waals surface area contributed by atoms with Crippen LogP contribution < -0.4 is 10.5 Å². The molecule has 1 aliphatic rings. The predicted octanol–water partition coefficient (Wildman–Crippen LogP) is 2.92. The molecule has 0 saturated carbocycles. The molecule has 2 heterocycles. The van der Waals surface area contributed by atoms with E-state index < -0.39 is 22.7 Å². The van der Waals surface area contributed by atoms with Gasteiger partial charge >= 0.3 is 6.61 Å². The number of rotatable bonds is 6. The van der Waals surface area contributed by atoms with Crippen LogP contribution in [0.1, 0.15) is 22.9 Å². The van der Waals surface area contributed by atoms with Gasteiger partial charge in [-0.3, -0.25) is 4.79 Å². The first kappa shape index (κ1) is 22.2. The van der Waals surface area contributed by atoms with Gasteiger partial charge in [-0.15, -0.1) is 0 Å². The van der Waals surface area contributed by atoms with Crippen molar-refractivity contribution < 1.29 is 26.7 Å². The molecule has 1 aromatic heterocycles. The molecule has 1 aliphatic heterocycles. The standard InChI is InChI=1S/C20H17ClF2N4O4S/c21-14-3-1-12(2-4-14)18(24)19(28)26-9-13-10-27(25-17(13)11-26)32(29,30)16-7-5-15(6-8-16)31-20(22)23/h1-8,10,18,20H,9,11,24H2/t18-/m1/s1. The fourth-order valence-corrected chi connectivity index (χ4v) is 4.61. The molecule has 0 fully saturated rings. The Balaban J connectivity index is 1.48. The number of carbonyl (C=O) groups is 1. The van der Waals surface area contributed by atoms with E-state index in [2.05, 4.69) is 9.84 Å². The number of fused-ring (bicyclic) bond motifs is 1. The SMILES string of the molecule is N[C@@H](C(=O)N1Cc2cn(S(=O)(=O)c3ccc(OC(F)F)cc3)nc2C1)c1ccc(Cl)cc1. The first-order valence-corrected chi connectivity index (χ1v) is 11.1. The second-order valence-electron chi connectivity index (χ2n) is 7.05. The van der Waals surface area contributed by atoms with Crippen molar-refractivity contribution in [2.45, 2.75) is 30.6 Å². The molecular weight excluding hydrogens is 466 g/mol. The first-order chi connectivity index (χ1) is 15.1. The molecule has 168 valence electrons. The van der Waals surface area contributed by atoms with Gasteiger partial charge in [-0.1, -0.05) is 23.7 Å². The number of nitrogens with zero attached hydrogens (tertiary/aromatic N) is 3. The van der Waals surface area contributed by atoms with E-state index in [1.165, 1.54) is 11.1 Å². The Kier molecular flexibility index (Phi) is 5.89. The summed E-state index contributed by atoms with van der Waals surface area (Å²) in [4.78, 5) is 14.1. The molecule has 0 saturated heterocycles. The smallest absolute Gasteiger partial charge is 0.387 e. The minimum Gasteiger partial charge on any atom is -0.435 e. The van der Waals surface area contributed by atoms with E-state index in [1.54, 1.807) is 24.3 Å². The van der Waals surface area contributed by atoms with Gasteiger partial charge in [0.15, 0.2) is 0 Å². The van der Waals surface area contributed by atoms with E-state index >= 15 is 0 Å². The van der Waals surface area contributed by atoms with Crippen molar-refractivity contribution in [1.82, 2.24) is 14.1 Å². The van der Waals surface area contributed by atoms with E-state index in [4.69, 9.17) is 17.3 Å². The second kappa shape index (κ2) is 8.49. The number of hydrogen-bond donors (Lipinski definition) is 1. The van der Waals surface area contributed by atoms with E-state index in [0.29, 0.717) is 21.8 Å². The largest absolute Gasteiger partial charge is 0.435 e. The van der Waals surface area contributed by atoms with Gasteiger partial charge in [-0.25, -0.2) is 0 Å². The van der Waals surface area contributed by atoms with Crippen molar-refractivity contribution in [2.24, 2.45) is 5.73 Å². The maximum absolute atomic E-state index is 12.8. The highest BCUT2D eigenvalue weighted by Gasteiger charge is 2.32. The molecule has 0 radical (unpaired) electrons. The molecule has 2 aromatic carbocycles. The van der Waals surface area contributed by atoms with Crippen LogP contribution in [0.25, 0.3) is 0 Å². The molecule has 1 amide bonds. The number of nitrogens with two attached hydrogens (primary N) is 1. The summed E-state index contributed by atoms with van der Waals surface area (Å²) in [7, 11) is -4.04. The molecule has 0 aliphatic carbocycles. The van der Waals surface area contributed by atoms with Gasteiger partial charge < -0.3 is 15.4 Å². The Morgan fingerprint density at radius 1 is 1.09 bits per heavy atom. The van der Waals surface area contributed by atoms with Crippen molar-refractivity contribution in [3.8, 4) is 5.75 Å². The fraction of sp³-hybridized carbons (Fsp3) is 0.200. The fourth-order valence-electron chi connectivity index (χ4n) is 3.32. The number of benzene rings is 2. The Labute approximate surface area is 187 Å². The van der Waals surface area contributed by atoms with Crippen LogP contribution in [0.4, 0.5) is 8.78 Å². The highest BCUT2D eigenvalue weighted by molar-refractivity contribution is 7.89. The third-order valence-corrected chi connectivity index (χ3v) is 6.76. The van der Waals surface area contributed by atoms with Crippen LogP contribution in [0.15, 0.2) is 59.6 Å². The van der Waals surface area contributed by atoms with Crippen LogP contribution >= 0.6 is 11.6 Å². The normalized spacial score (nSPS) is 14.5. The van der Waals surface area contributed by atoms with Gasteiger partial charge in [-0.05, 0) is 42.0 Å². The van der Waals surface area contributed by atoms with Crippen LogP contribution in [0.5, 0.6) is 5.75 Å². The second-order valence-corrected chi connectivity index (χ2v) is 9.28. The van der Waals surface area contributed by atoms with Gasteiger partial charge in [0, 0.05) is 23.3 Å². The van der Waals surface area contributed by atoms with Gasteiger partial charge in [0.2, 0.25) is 5.91 Å². The molecule has 1 atom stereocenters. The summed E-state index contributed by atoms with van der Waals surface area (Å²) in [5.74, 6) is -0.484. The molecule has 32 heavy (non-hydrogen) atoms. The monoisotopic (exact) mass is 482 g/mol. The first-order valence-electron chi connectivity index (χ1n) is 9.33. The number of amides is 1. The van der Waals surface area contributed by atoms with E-state index in [0.717, 1.165) is 28.4 Å². The van der Waals surface area contributed by atoms with Crippen LogP contribution in [0.2, 0.25) is 5.02 Å². The Bertz CT molecular complexity index is 1220. The number of aromatic nitrogens is 2. The zero-order chi connectivity index (χ0) is 23.0. The molecule has 0 spiro atoms. The minimum atomic E-state index is -4.04. The maximum atomic E-state index is 12.8. The Hall–Kier alpha value is -3.02. The molecule has 3 aromatic rings. The number of ether oxygens (including phenoxy) is 1. The van der Waals surface area contributed by atoms with Crippen molar-refractivity contribution in [3.63, 3.8) is 0 Å². The summed E-state index contributed by atoms with van der Waals surface area (Å²) in [5.41, 5.74) is 7.69. The van der Waals surface area contributed by atoms with E-state index in [9.17, 15) is 22.0 Å². The zero-order valence-corrected chi connectivity index (χ0v) is 17.9. The van der Waals surface area contributed by atoms with Crippen molar-refractivity contribution in [2.75, 3.05) is 0 Å². The van der Waals surface area contributed by atoms with Crippen molar-refractivity contribution in [1.29, 1.82) is 0 Å². The minimum absolute atomic E-state index is 0.110. The lowest BCUT2D eigenvalue weighted by Crippen LogP contribution is -2.35. The molecule has 12 heteroatoms. The summed E-state index contributed by atoms with van der Waals surface area (Å²) >= 11 is 5.86. The van der Waals surface area contributed by atoms with Gasteiger partial charge in [-0.2, -0.15) is 26.4 Å². The average molecular weight is 483 g/mol. The highest BCUT2D eigenvalue weighted by Crippen LogP contribution is 2.27. The lowest BCUT2D eigenvalue weighted by Gasteiger charge is -2.20. The van der Waals surface area contributed by atoms with Crippen LogP contribution in [-0.2, 0) is 27.9 Å². The van der Waals surface area contributed by atoms with Crippen LogP contribution in [0, 0.1) is 0 Å². The van der Waals surface area contributed by atoms with Gasteiger partial charge in [0.05, 0.1) is 17.1 Å². The molecular formula is C20H17ClF2N4O4S. The Morgan fingerprint density at radius 2 is 1.75 bits per heavy atom. The molecule has 8 nitrogen and oxygen atoms in total. The predicted molar refractivity (Wildman–Crippen MR) is 111 cm³/mol. The summed E-state index contributed by atoms with van der Waals surface area (Å²) < 4.78 is 55.2. The third-order valence-electron chi connectivity index (χ3n) is 4.96. The number of carbonyl (C=O) groups excluding carboxylic acids is 1. The summed E-state index contributed by atoms with van der Waals surface area (Å²) in [5, 5.41) is 4.64. The summed E-state index contributed by atoms with van der Waals surface area (Å²) in [6.07, 6.45) is 1.33. The van der Waals surface area contributed by atoms with Crippen molar-refractivity contribution >= 4 is 27.5 Å². The van der Waals surface area contributed by atoms with Gasteiger partial charge in [0.1, 0.15) is 11.8 Å². The lowest BCUT2D eigenvalue weighted by atomic mass is 10.1. The maximum Gasteiger partial charge on any atom is 0.387 e. The number of hydrogen-bond acceptors (Lipinski definition) is 6. The van der Waals surface area contributed by atoms with E-state index in [-0.39, 0.29) is 29.6 Å². The van der Waals surface area contributed by atoms with E-state index in [1.807, 2.05) is 0 Å². The van der Waals surface area contributed by atoms with Crippen LogP contribution in [-0.4, -0.2) is 35.0 Å². The summed E-state index contributed by atoms with van der Waals surface area (Å²) in [6.45, 7) is -2.74. The molecule has 4 rings (SSSR count). The van der Waals surface area contributed by atoms with Crippen molar-refractivity contribution in [3.05, 3.63) is 76.6 Å². The Morgan fingerprint density at radius 3 is 2.34 bits per heavy atom. The number of halogens is 3. The quantitative estimate of drug-likeness (QED) is 0.579. The topological polar surface area (TPSA) is 108 Å². The zero-order valence-electron chi connectivity index (χ0n) is 16.4. The lowest BCUT2D eigenvalue weighted by molar-refractivity contribution is -0.133. The third kappa shape index (κ3) is 4.31.